The van der Waals surface area contributed by atoms with Gasteiger partial charge < -0.3 is 0 Å². The molecule has 0 rings (SSSR count). The van der Waals surface area contributed by atoms with Crippen LogP contribution in [0.1, 0.15) is 72.1 Å². The molecule has 2 atom stereocenters. The van der Waals surface area contributed by atoms with E-state index < -0.39 is 36.6 Å². The molecule has 0 radical (unpaired) electrons. The van der Waals surface area contributed by atoms with Crippen molar-refractivity contribution in [1.29, 1.82) is 0 Å². The Morgan fingerprint density at radius 3 is 1.79 bits per heavy atom. The van der Waals surface area contributed by atoms with Crippen LogP contribution < -0.4 is 0 Å². The molecule has 5 heteroatoms. The van der Waals surface area contributed by atoms with E-state index in [0.29, 0.717) is 0 Å². The normalized spacial score (nSPS) is 14.9. The molecule has 24 heavy (non-hydrogen) atoms. The molecule has 0 aromatic heterocycles. The summed E-state index contributed by atoms with van der Waals surface area (Å²) in [6, 6.07) is 0. The summed E-state index contributed by atoms with van der Waals surface area (Å²) < 4.78 is 6.39. The van der Waals surface area contributed by atoms with Gasteiger partial charge in [0.25, 0.3) is 0 Å². The summed E-state index contributed by atoms with van der Waals surface area (Å²) >= 11 is -2.40. The molecule has 2 unspecified atom stereocenters. The second-order valence-corrected chi connectivity index (χ2v) is 20.1. The average molecular weight is 449 g/mol. The number of aliphatic carboxylic acids is 1. The van der Waals surface area contributed by atoms with Crippen LogP contribution in [0.15, 0.2) is 10.2 Å². The predicted molar refractivity (Wildman–Crippen MR) is 103 cm³/mol. The van der Waals surface area contributed by atoms with Crippen molar-refractivity contribution in [3.63, 3.8) is 0 Å². The Kier molecular flexibility index (Phi) is 14.1. The van der Waals surface area contributed by atoms with Crippen molar-refractivity contribution in [2.75, 3.05) is 0 Å². The molecule has 142 valence electrons. The molecular formula is C19H38O4Sn. The molecule has 0 aromatic rings. The standard InChI is InChI=1S/C7H11O4.3C4H9.Sn/c1-2-5(8)3-6(9)4-7(10)11;3*1-3-4-2;/h1-2,5-6,8-9H,3-4H2,(H,10,11);3*1,3-4H2,2H3;. The van der Waals surface area contributed by atoms with Crippen molar-refractivity contribution in [3.05, 3.63) is 10.2 Å². The Morgan fingerprint density at radius 1 is 0.958 bits per heavy atom. The monoisotopic (exact) mass is 450 g/mol. The van der Waals surface area contributed by atoms with Gasteiger partial charge in [-0.25, -0.2) is 0 Å². The van der Waals surface area contributed by atoms with Crippen LogP contribution in [-0.2, 0) is 4.79 Å². The molecule has 0 aliphatic carbocycles. The van der Waals surface area contributed by atoms with Crippen molar-refractivity contribution in [3.8, 4) is 0 Å². The van der Waals surface area contributed by atoms with Crippen LogP contribution >= 0.6 is 0 Å². The van der Waals surface area contributed by atoms with Crippen molar-refractivity contribution >= 4 is 24.3 Å². The van der Waals surface area contributed by atoms with Gasteiger partial charge in [0.05, 0.1) is 0 Å². The summed E-state index contributed by atoms with van der Waals surface area (Å²) in [6.45, 7) is 6.70. The van der Waals surface area contributed by atoms with Crippen molar-refractivity contribution < 1.29 is 20.1 Å². The minimum absolute atomic E-state index is 0.111. The predicted octanol–water partition coefficient (Wildman–Crippen LogP) is 4.52. The number of carboxylic acids is 1. The second-order valence-electron chi connectivity index (χ2n) is 7.09. The maximum atomic E-state index is 10.6. The van der Waals surface area contributed by atoms with E-state index in [-0.39, 0.29) is 12.8 Å². The van der Waals surface area contributed by atoms with Gasteiger partial charge in [0, 0.05) is 0 Å². The molecule has 3 N–H and O–H groups in total. The Morgan fingerprint density at radius 2 is 1.42 bits per heavy atom. The Bertz CT molecular complexity index is 336. The summed E-state index contributed by atoms with van der Waals surface area (Å²) in [5.41, 5.74) is 0. The van der Waals surface area contributed by atoms with Crippen LogP contribution in [0, 0.1) is 0 Å². The number of aliphatic hydroxyl groups excluding tert-OH is 2. The zero-order chi connectivity index (χ0) is 18.4. The minimum atomic E-state index is -2.40. The Labute approximate surface area is 152 Å². The third-order valence-corrected chi connectivity index (χ3v) is 18.8. The van der Waals surface area contributed by atoms with Crippen LogP contribution in [0.3, 0.4) is 0 Å². The van der Waals surface area contributed by atoms with E-state index in [1.54, 1.807) is 0 Å². The van der Waals surface area contributed by atoms with Gasteiger partial charge in [0.15, 0.2) is 0 Å². The first-order chi connectivity index (χ1) is 11.4. The molecular weight excluding hydrogens is 411 g/mol. The summed E-state index contributed by atoms with van der Waals surface area (Å²) in [5.74, 6) is -1.03. The van der Waals surface area contributed by atoms with Crippen LogP contribution in [-0.4, -0.2) is 51.9 Å². The van der Waals surface area contributed by atoms with Crippen molar-refractivity contribution in [2.24, 2.45) is 0 Å². The second kappa shape index (κ2) is 14.1. The molecule has 0 saturated carbocycles. The van der Waals surface area contributed by atoms with E-state index in [4.69, 9.17) is 5.11 Å². The number of hydrogen-bond donors (Lipinski definition) is 3. The zero-order valence-corrected chi connectivity index (χ0v) is 18.7. The molecule has 0 aliphatic rings. The number of unbranched alkanes of at least 4 members (excludes halogenated alkanes) is 3. The number of hydrogen-bond acceptors (Lipinski definition) is 3. The fourth-order valence-corrected chi connectivity index (χ4v) is 17.6. The quantitative estimate of drug-likeness (QED) is 0.322. The fraction of sp³-hybridized carbons (Fsp3) is 0.842. The van der Waals surface area contributed by atoms with Crippen LogP contribution in [0.25, 0.3) is 0 Å². The Hall–Kier alpha value is -0.0713. The summed E-state index contributed by atoms with van der Waals surface area (Å²) in [5, 5.41) is 28.6. The van der Waals surface area contributed by atoms with Gasteiger partial charge in [-0.1, -0.05) is 0 Å². The third kappa shape index (κ3) is 11.5. The van der Waals surface area contributed by atoms with E-state index in [2.05, 4.69) is 24.9 Å². The third-order valence-electron chi connectivity index (χ3n) is 4.68. The van der Waals surface area contributed by atoms with E-state index in [0.717, 1.165) is 0 Å². The molecule has 0 heterocycles. The molecule has 0 bridgehead atoms. The van der Waals surface area contributed by atoms with Gasteiger partial charge in [-0.2, -0.15) is 0 Å². The van der Waals surface area contributed by atoms with Crippen LogP contribution in [0.4, 0.5) is 0 Å². The molecule has 4 nitrogen and oxygen atoms in total. The van der Waals surface area contributed by atoms with Crippen molar-refractivity contribution in [1.82, 2.24) is 0 Å². The summed E-state index contributed by atoms with van der Waals surface area (Å²) in [6.07, 6.45) is 7.42. The molecule has 0 aliphatic heterocycles. The zero-order valence-electron chi connectivity index (χ0n) is 15.8. The van der Waals surface area contributed by atoms with E-state index in [1.165, 1.54) is 51.8 Å². The van der Waals surface area contributed by atoms with Crippen LogP contribution in [0.5, 0.6) is 0 Å². The first-order valence-electron chi connectivity index (χ1n) is 9.66. The summed E-state index contributed by atoms with van der Waals surface area (Å²) in [7, 11) is 0. The number of carbonyl (C=O) groups is 1. The van der Waals surface area contributed by atoms with Gasteiger partial charge in [0.2, 0.25) is 0 Å². The number of carboxylic acid groups (broad SMARTS) is 1. The molecule has 0 fully saturated rings. The molecule has 0 saturated heterocycles. The van der Waals surface area contributed by atoms with Gasteiger partial charge >= 0.3 is 152 Å². The van der Waals surface area contributed by atoms with E-state index in [9.17, 15) is 15.0 Å². The molecule has 0 amide bonds. The maximum absolute atomic E-state index is 10.6. The van der Waals surface area contributed by atoms with E-state index in [1.807, 2.05) is 6.08 Å². The van der Waals surface area contributed by atoms with Crippen molar-refractivity contribution in [2.45, 2.75) is 97.7 Å². The fourth-order valence-electron chi connectivity index (χ4n) is 3.17. The first kappa shape index (κ1) is 23.9. The first-order valence-corrected chi connectivity index (χ1v) is 17.4. The average Bonchev–Trinajstić information content (AvgIpc) is 2.52. The number of aliphatic hydroxyl groups is 2. The van der Waals surface area contributed by atoms with Gasteiger partial charge in [-0.3, -0.25) is 0 Å². The van der Waals surface area contributed by atoms with Crippen LogP contribution in [0.2, 0.25) is 13.3 Å². The topological polar surface area (TPSA) is 77.8 Å². The van der Waals surface area contributed by atoms with Gasteiger partial charge in [0.1, 0.15) is 0 Å². The molecule has 0 aromatic carbocycles. The Balaban J connectivity index is 4.91. The summed E-state index contributed by atoms with van der Waals surface area (Å²) in [4.78, 5) is 10.6. The molecule has 0 spiro atoms. The number of rotatable bonds is 15. The van der Waals surface area contributed by atoms with Gasteiger partial charge in [-0.15, -0.1) is 0 Å². The van der Waals surface area contributed by atoms with E-state index >= 15 is 0 Å². The SMILES string of the molecule is CCC[CH2][Sn]([CH]=CC(O)CC(O)CC(=O)O)([CH2]CCC)[CH2]CCC. The van der Waals surface area contributed by atoms with Gasteiger partial charge in [-0.05, 0) is 0 Å².